The van der Waals surface area contributed by atoms with Crippen LogP contribution in [0.1, 0.15) is 10.5 Å². The Kier molecular flexibility index (Phi) is 4.47. The minimum Gasteiger partial charge on any atom is -0.304 e. The number of halogens is 4. The van der Waals surface area contributed by atoms with Gasteiger partial charge in [0.1, 0.15) is 16.0 Å². The normalized spacial score (nSPS) is 10.3. The first-order valence-corrected chi connectivity index (χ1v) is 6.44. The van der Waals surface area contributed by atoms with Gasteiger partial charge < -0.3 is 5.32 Å². The summed E-state index contributed by atoms with van der Waals surface area (Å²) in [5.74, 6) is -0.457. The van der Waals surface area contributed by atoms with E-state index in [1.54, 1.807) is 0 Å². The second-order valence-corrected chi connectivity index (χ2v) is 4.97. The van der Waals surface area contributed by atoms with Gasteiger partial charge in [-0.3, -0.25) is 4.79 Å². The summed E-state index contributed by atoms with van der Waals surface area (Å²) < 4.78 is 0. The fraction of sp³-hybridized carbons (Fsp3) is 0. The van der Waals surface area contributed by atoms with Crippen molar-refractivity contribution in [2.45, 2.75) is 0 Å². The predicted octanol–water partition coefficient (Wildman–Crippen LogP) is 4.34. The molecule has 0 aliphatic heterocycles. The van der Waals surface area contributed by atoms with E-state index < -0.39 is 5.91 Å². The maximum absolute atomic E-state index is 12.0. The molecule has 0 spiro atoms. The van der Waals surface area contributed by atoms with Crippen LogP contribution in [0.2, 0.25) is 20.4 Å². The van der Waals surface area contributed by atoms with E-state index in [4.69, 9.17) is 46.4 Å². The van der Waals surface area contributed by atoms with Gasteiger partial charge in [-0.25, -0.2) is 9.97 Å². The van der Waals surface area contributed by atoms with Gasteiger partial charge in [-0.1, -0.05) is 46.4 Å². The van der Waals surface area contributed by atoms with Gasteiger partial charge in [-0.15, -0.1) is 0 Å². The van der Waals surface area contributed by atoms with Crippen LogP contribution in [0.25, 0.3) is 0 Å². The molecule has 0 fully saturated rings. The zero-order chi connectivity index (χ0) is 14.0. The Morgan fingerprint density at radius 3 is 2.16 bits per heavy atom. The first kappa shape index (κ1) is 14.3. The average molecular weight is 337 g/mol. The van der Waals surface area contributed by atoms with Crippen molar-refractivity contribution in [1.29, 1.82) is 0 Å². The van der Waals surface area contributed by atoms with Gasteiger partial charge in [-0.05, 0) is 24.3 Å². The lowest BCUT2D eigenvalue weighted by atomic mass is 10.3. The van der Waals surface area contributed by atoms with Crippen LogP contribution in [0, 0.1) is 0 Å². The van der Waals surface area contributed by atoms with Gasteiger partial charge in [0.15, 0.2) is 5.82 Å². The number of nitrogens with one attached hydrogen (secondary N) is 1. The van der Waals surface area contributed by atoms with Crippen LogP contribution >= 0.6 is 46.4 Å². The summed E-state index contributed by atoms with van der Waals surface area (Å²) in [6.07, 6.45) is 0. The van der Waals surface area contributed by atoms with Crippen LogP contribution in [0.3, 0.4) is 0 Å². The van der Waals surface area contributed by atoms with Gasteiger partial charge in [0, 0.05) is 0 Å². The molecular formula is C11H5Cl4N3O. The summed E-state index contributed by atoms with van der Waals surface area (Å²) in [5.41, 5.74) is -0.0213. The molecule has 0 radical (unpaired) electrons. The van der Waals surface area contributed by atoms with Gasteiger partial charge >= 0.3 is 0 Å². The molecule has 1 amide bonds. The van der Waals surface area contributed by atoms with Crippen LogP contribution in [-0.4, -0.2) is 15.9 Å². The Labute approximate surface area is 128 Å². The third kappa shape index (κ3) is 3.48. The molecular weight excluding hydrogens is 332 g/mol. The summed E-state index contributed by atoms with van der Waals surface area (Å²) in [6.45, 7) is 0. The van der Waals surface area contributed by atoms with Gasteiger partial charge in [0.2, 0.25) is 0 Å². The summed E-state index contributed by atoms with van der Waals surface area (Å²) in [4.78, 5) is 19.7. The zero-order valence-corrected chi connectivity index (χ0v) is 12.1. The minimum atomic E-state index is -0.579. The quantitative estimate of drug-likeness (QED) is 0.830. The Morgan fingerprint density at radius 2 is 1.47 bits per heavy atom. The number of hydrogen-bond donors (Lipinski definition) is 1. The van der Waals surface area contributed by atoms with Gasteiger partial charge in [0.05, 0.1) is 10.0 Å². The summed E-state index contributed by atoms with van der Waals surface area (Å²) in [7, 11) is 0. The first-order valence-electron chi connectivity index (χ1n) is 4.93. The van der Waals surface area contributed by atoms with Crippen molar-refractivity contribution >= 4 is 58.1 Å². The van der Waals surface area contributed by atoms with E-state index in [0.29, 0.717) is 0 Å². The minimum absolute atomic E-state index is 0.0213. The Balaban J connectivity index is 2.30. The predicted molar refractivity (Wildman–Crippen MR) is 76.5 cm³/mol. The van der Waals surface area contributed by atoms with Gasteiger partial charge in [0.25, 0.3) is 5.91 Å². The highest BCUT2D eigenvalue weighted by molar-refractivity contribution is 6.36. The number of hydrogen-bond acceptors (Lipinski definition) is 3. The van der Waals surface area contributed by atoms with E-state index in [0.717, 1.165) is 0 Å². The van der Waals surface area contributed by atoms with E-state index in [1.807, 2.05) is 0 Å². The molecule has 2 heterocycles. The highest BCUT2D eigenvalue weighted by Gasteiger charge is 2.15. The first-order chi connectivity index (χ1) is 8.97. The van der Waals surface area contributed by atoms with Crippen molar-refractivity contribution in [2.75, 3.05) is 5.32 Å². The summed E-state index contributed by atoms with van der Waals surface area (Å²) in [6, 6.07) is 5.97. The molecule has 0 saturated heterocycles. The van der Waals surface area contributed by atoms with Crippen molar-refractivity contribution < 1.29 is 4.79 Å². The smallest absolute Gasteiger partial charge is 0.277 e. The van der Waals surface area contributed by atoms with Crippen LogP contribution in [-0.2, 0) is 0 Å². The van der Waals surface area contributed by atoms with E-state index in [9.17, 15) is 4.79 Å². The van der Waals surface area contributed by atoms with Crippen molar-refractivity contribution in [3.8, 4) is 0 Å². The standard InChI is InChI=1S/C11H5Cl4N3O/c12-5-1-3-7(14)16-9(5)11(19)18-10-6(13)2-4-8(15)17-10/h1-4H,(H,17,18,19). The number of anilines is 1. The number of aromatic nitrogens is 2. The second kappa shape index (κ2) is 5.92. The fourth-order valence-corrected chi connectivity index (χ4v) is 1.89. The Bertz CT molecular complexity index is 648. The van der Waals surface area contributed by atoms with E-state index >= 15 is 0 Å². The highest BCUT2D eigenvalue weighted by atomic mass is 35.5. The number of nitrogens with zero attached hydrogens (tertiary/aromatic N) is 2. The molecule has 2 aromatic heterocycles. The number of pyridine rings is 2. The SMILES string of the molecule is O=C(Nc1nc(Cl)ccc1Cl)c1nc(Cl)ccc1Cl. The van der Waals surface area contributed by atoms with E-state index in [1.165, 1.54) is 24.3 Å². The summed E-state index contributed by atoms with van der Waals surface area (Å²) in [5, 5.41) is 3.23. The van der Waals surface area contributed by atoms with Crippen molar-refractivity contribution in [2.24, 2.45) is 0 Å². The molecule has 2 aromatic rings. The molecule has 2 rings (SSSR count). The zero-order valence-electron chi connectivity index (χ0n) is 9.12. The number of carbonyl (C=O) groups excluding carboxylic acids is 1. The molecule has 0 aliphatic rings. The van der Waals surface area contributed by atoms with Crippen LogP contribution in [0.5, 0.6) is 0 Å². The molecule has 98 valence electrons. The molecule has 0 bridgehead atoms. The Hall–Kier alpha value is -1.07. The van der Waals surface area contributed by atoms with E-state index in [2.05, 4.69) is 15.3 Å². The molecule has 19 heavy (non-hydrogen) atoms. The lowest BCUT2D eigenvalue weighted by Gasteiger charge is -2.07. The van der Waals surface area contributed by atoms with Gasteiger partial charge in [-0.2, -0.15) is 0 Å². The number of amides is 1. The number of rotatable bonds is 2. The Morgan fingerprint density at radius 1 is 0.895 bits per heavy atom. The topological polar surface area (TPSA) is 54.9 Å². The van der Waals surface area contributed by atoms with Crippen LogP contribution < -0.4 is 5.32 Å². The molecule has 0 atom stereocenters. The monoisotopic (exact) mass is 335 g/mol. The lowest BCUT2D eigenvalue weighted by molar-refractivity contribution is 0.102. The van der Waals surface area contributed by atoms with Crippen molar-refractivity contribution in [3.63, 3.8) is 0 Å². The lowest BCUT2D eigenvalue weighted by Crippen LogP contribution is -2.15. The third-order valence-electron chi connectivity index (χ3n) is 2.07. The second-order valence-electron chi connectivity index (χ2n) is 3.38. The van der Waals surface area contributed by atoms with Crippen LogP contribution in [0.15, 0.2) is 24.3 Å². The maximum Gasteiger partial charge on any atom is 0.277 e. The summed E-state index contributed by atoms with van der Waals surface area (Å²) >= 11 is 23.2. The van der Waals surface area contributed by atoms with Crippen molar-refractivity contribution in [3.05, 3.63) is 50.3 Å². The number of carbonyl (C=O) groups is 1. The third-order valence-corrected chi connectivity index (χ3v) is 3.10. The highest BCUT2D eigenvalue weighted by Crippen LogP contribution is 2.23. The fourth-order valence-electron chi connectivity index (χ4n) is 1.25. The molecule has 0 aliphatic carbocycles. The van der Waals surface area contributed by atoms with E-state index in [-0.39, 0.29) is 31.9 Å². The van der Waals surface area contributed by atoms with Crippen molar-refractivity contribution in [1.82, 2.24) is 9.97 Å². The molecule has 1 N–H and O–H groups in total. The molecule has 8 heteroatoms. The van der Waals surface area contributed by atoms with Crippen LogP contribution in [0.4, 0.5) is 5.82 Å². The molecule has 4 nitrogen and oxygen atoms in total. The molecule has 0 unspecified atom stereocenters. The average Bonchev–Trinajstić information content (AvgIpc) is 2.36. The molecule has 0 saturated carbocycles. The maximum atomic E-state index is 12.0. The largest absolute Gasteiger partial charge is 0.304 e. The molecule has 0 aromatic carbocycles.